The first-order chi connectivity index (χ1) is 8.66. The monoisotopic (exact) mass is 313 g/mol. The number of hydrogen-bond donors (Lipinski definition) is 1. The van der Waals surface area contributed by atoms with Gasteiger partial charge in [0.05, 0.1) is 18.2 Å². The number of hydrogen-bond acceptors (Lipinski definition) is 3. The molecule has 0 spiro atoms. The molecule has 4 heteroatoms. The van der Waals surface area contributed by atoms with Crippen molar-refractivity contribution in [3.63, 3.8) is 0 Å². The van der Waals surface area contributed by atoms with Gasteiger partial charge >= 0.3 is 0 Å². The molecule has 1 aliphatic carbocycles. The summed E-state index contributed by atoms with van der Waals surface area (Å²) >= 11 is 3.56. The van der Waals surface area contributed by atoms with Crippen LogP contribution in [0.3, 0.4) is 0 Å². The van der Waals surface area contributed by atoms with Crippen molar-refractivity contribution < 1.29 is 9.47 Å². The van der Waals surface area contributed by atoms with Crippen LogP contribution in [0.4, 0.5) is 0 Å². The van der Waals surface area contributed by atoms with Gasteiger partial charge in [-0.3, -0.25) is 0 Å². The summed E-state index contributed by atoms with van der Waals surface area (Å²) in [5, 5.41) is 0. The van der Waals surface area contributed by atoms with Gasteiger partial charge in [0.15, 0.2) is 0 Å². The maximum absolute atomic E-state index is 6.00. The van der Waals surface area contributed by atoms with Gasteiger partial charge in [0.25, 0.3) is 0 Å². The van der Waals surface area contributed by atoms with Crippen LogP contribution in [-0.4, -0.2) is 20.8 Å². The quantitative estimate of drug-likeness (QED) is 0.909. The maximum Gasteiger partial charge on any atom is 0.133 e. The van der Waals surface area contributed by atoms with Gasteiger partial charge < -0.3 is 15.2 Å². The van der Waals surface area contributed by atoms with Crippen LogP contribution in [0.25, 0.3) is 0 Å². The molecule has 0 aliphatic heterocycles. The van der Waals surface area contributed by atoms with E-state index in [4.69, 9.17) is 15.2 Å². The Morgan fingerprint density at radius 2 is 2.06 bits per heavy atom. The first-order valence-corrected chi connectivity index (χ1v) is 7.02. The molecule has 100 valence electrons. The second-order valence-electron chi connectivity index (χ2n) is 4.91. The van der Waals surface area contributed by atoms with Crippen LogP contribution in [0, 0.1) is 0 Å². The van der Waals surface area contributed by atoms with Crippen molar-refractivity contribution in [2.75, 3.05) is 20.8 Å². The normalized spacial score (nSPS) is 17.3. The zero-order chi connectivity index (χ0) is 13.2. The van der Waals surface area contributed by atoms with Crippen LogP contribution < -0.4 is 10.5 Å². The number of nitrogens with two attached hydrogens (primary N) is 1. The molecular weight excluding hydrogens is 294 g/mol. The van der Waals surface area contributed by atoms with Crippen LogP contribution in [0.2, 0.25) is 0 Å². The molecule has 2 N–H and O–H groups in total. The van der Waals surface area contributed by atoms with E-state index in [0.717, 1.165) is 10.2 Å². The lowest BCUT2D eigenvalue weighted by molar-refractivity contribution is 0.177. The summed E-state index contributed by atoms with van der Waals surface area (Å²) in [4.78, 5) is 0. The average molecular weight is 314 g/mol. The summed E-state index contributed by atoms with van der Waals surface area (Å²) in [6.07, 6.45) is 3.59. The van der Waals surface area contributed by atoms with E-state index < -0.39 is 0 Å². The Morgan fingerprint density at radius 3 is 2.50 bits per heavy atom. The fraction of sp³-hybridized carbons (Fsp3) is 0.571. The highest BCUT2D eigenvalue weighted by molar-refractivity contribution is 9.10. The molecule has 18 heavy (non-hydrogen) atoms. The lowest BCUT2D eigenvalue weighted by Crippen LogP contribution is -2.42. The standard InChI is InChI=1S/C14H20BrNO2/c1-17-8-10-6-13(18-2)12(15)7-11(10)14(9-16)4-3-5-14/h6-7H,3-5,8-9,16H2,1-2H3. The average Bonchev–Trinajstić information content (AvgIpc) is 2.31. The number of ether oxygens (including phenoxy) is 2. The molecule has 0 aromatic heterocycles. The predicted molar refractivity (Wildman–Crippen MR) is 76.0 cm³/mol. The van der Waals surface area contributed by atoms with E-state index >= 15 is 0 Å². The summed E-state index contributed by atoms with van der Waals surface area (Å²) < 4.78 is 11.6. The molecule has 2 rings (SSSR count). The molecular formula is C14H20BrNO2. The molecule has 1 aromatic carbocycles. The Kier molecular flexibility index (Phi) is 4.30. The lowest BCUT2D eigenvalue weighted by Gasteiger charge is -2.43. The molecule has 0 heterocycles. The van der Waals surface area contributed by atoms with E-state index in [-0.39, 0.29) is 5.41 Å². The molecule has 0 radical (unpaired) electrons. The molecule has 1 aromatic rings. The Bertz CT molecular complexity index is 425. The zero-order valence-electron chi connectivity index (χ0n) is 11.0. The molecule has 0 saturated heterocycles. The van der Waals surface area contributed by atoms with Gasteiger partial charge in [-0.2, -0.15) is 0 Å². The van der Waals surface area contributed by atoms with Crippen LogP contribution in [0.1, 0.15) is 30.4 Å². The van der Waals surface area contributed by atoms with Crippen molar-refractivity contribution >= 4 is 15.9 Å². The second-order valence-corrected chi connectivity index (χ2v) is 5.77. The molecule has 1 saturated carbocycles. The molecule has 0 unspecified atom stereocenters. The third kappa shape index (κ3) is 2.29. The van der Waals surface area contributed by atoms with E-state index in [1.807, 2.05) is 0 Å². The van der Waals surface area contributed by atoms with E-state index in [9.17, 15) is 0 Å². The van der Waals surface area contributed by atoms with Gasteiger partial charge in [-0.1, -0.05) is 6.42 Å². The fourth-order valence-electron chi connectivity index (χ4n) is 2.71. The Hall–Kier alpha value is -0.580. The van der Waals surface area contributed by atoms with Gasteiger partial charge in [-0.25, -0.2) is 0 Å². The van der Waals surface area contributed by atoms with E-state index in [1.165, 1.54) is 30.4 Å². The fourth-order valence-corrected chi connectivity index (χ4v) is 3.21. The topological polar surface area (TPSA) is 44.5 Å². The largest absolute Gasteiger partial charge is 0.496 e. The van der Waals surface area contributed by atoms with Crippen LogP contribution in [-0.2, 0) is 16.8 Å². The van der Waals surface area contributed by atoms with Gasteiger partial charge in [0.2, 0.25) is 0 Å². The van der Waals surface area contributed by atoms with E-state index in [0.29, 0.717) is 13.2 Å². The minimum Gasteiger partial charge on any atom is -0.496 e. The molecule has 1 fully saturated rings. The number of benzene rings is 1. The number of halogens is 1. The maximum atomic E-state index is 6.00. The van der Waals surface area contributed by atoms with Crippen molar-refractivity contribution in [3.05, 3.63) is 27.7 Å². The molecule has 0 bridgehead atoms. The van der Waals surface area contributed by atoms with Crippen molar-refractivity contribution in [1.82, 2.24) is 0 Å². The zero-order valence-corrected chi connectivity index (χ0v) is 12.5. The molecule has 0 amide bonds. The van der Waals surface area contributed by atoms with Crippen LogP contribution >= 0.6 is 15.9 Å². The summed E-state index contributed by atoms with van der Waals surface area (Å²) in [5.41, 5.74) is 8.63. The number of methoxy groups -OCH3 is 2. The summed E-state index contributed by atoms with van der Waals surface area (Å²) in [5.74, 6) is 0.845. The highest BCUT2D eigenvalue weighted by Crippen LogP contribution is 2.46. The summed E-state index contributed by atoms with van der Waals surface area (Å²) in [6, 6.07) is 4.21. The molecule has 1 aliphatic rings. The van der Waals surface area contributed by atoms with Crippen molar-refractivity contribution in [2.45, 2.75) is 31.3 Å². The first-order valence-electron chi connectivity index (χ1n) is 6.23. The summed E-state index contributed by atoms with van der Waals surface area (Å²) in [7, 11) is 3.40. The van der Waals surface area contributed by atoms with Gasteiger partial charge in [0, 0.05) is 19.1 Å². The van der Waals surface area contributed by atoms with E-state index in [2.05, 4.69) is 28.1 Å². The van der Waals surface area contributed by atoms with Gasteiger partial charge in [0.1, 0.15) is 5.75 Å². The predicted octanol–water partition coefficient (Wildman–Crippen LogP) is 2.98. The highest BCUT2D eigenvalue weighted by Gasteiger charge is 2.39. The Labute approximate surface area is 117 Å². The summed E-state index contributed by atoms with van der Waals surface area (Å²) in [6.45, 7) is 1.29. The number of rotatable bonds is 5. The van der Waals surface area contributed by atoms with Crippen LogP contribution in [0.5, 0.6) is 5.75 Å². The first kappa shape index (κ1) is 13.8. The van der Waals surface area contributed by atoms with Crippen molar-refractivity contribution in [3.8, 4) is 5.75 Å². The van der Waals surface area contributed by atoms with Crippen molar-refractivity contribution in [2.24, 2.45) is 5.73 Å². The SMILES string of the molecule is COCc1cc(OC)c(Br)cc1C1(CN)CCC1. The second kappa shape index (κ2) is 5.59. The van der Waals surface area contributed by atoms with Crippen molar-refractivity contribution in [1.29, 1.82) is 0 Å². The lowest BCUT2D eigenvalue weighted by atomic mass is 9.63. The molecule has 0 atom stereocenters. The van der Waals surface area contributed by atoms with E-state index in [1.54, 1.807) is 14.2 Å². The van der Waals surface area contributed by atoms with Gasteiger partial charge in [-0.05, 0) is 52.0 Å². The third-order valence-electron chi connectivity index (χ3n) is 3.95. The molecule has 3 nitrogen and oxygen atoms in total. The van der Waals surface area contributed by atoms with Gasteiger partial charge in [-0.15, -0.1) is 0 Å². The minimum atomic E-state index is 0.142. The minimum absolute atomic E-state index is 0.142. The highest BCUT2D eigenvalue weighted by atomic mass is 79.9. The Morgan fingerprint density at radius 1 is 1.33 bits per heavy atom. The smallest absolute Gasteiger partial charge is 0.133 e. The Balaban J connectivity index is 2.47. The van der Waals surface area contributed by atoms with Crippen LogP contribution in [0.15, 0.2) is 16.6 Å². The third-order valence-corrected chi connectivity index (χ3v) is 4.57.